The smallest absolute Gasteiger partial charge is 0.416 e. The lowest BCUT2D eigenvalue weighted by Crippen LogP contribution is -2.38. The molecule has 4 rings (SSSR count). The van der Waals surface area contributed by atoms with E-state index in [-0.39, 0.29) is 12.4 Å². The number of methoxy groups -OCH3 is 1. The maximum atomic E-state index is 13.4. The van der Waals surface area contributed by atoms with Crippen LogP contribution in [0, 0.1) is 0 Å². The summed E-state index contributed by atoms with van der Waals surface area (Å²) in [6.07, 6.45) is -2.12. The zero-order valence-corrected chi connectivity index (χ0v) is 16.8. The largest absolute Gasteiger partial charge is 0.495 e. The molecular weight excluding hydrogens is 416 g/mol. The third-order valence-electron chi connectivity index (χ3n) is 5.14. The van der Waals surface area contributed by atoms with Gasteiger partial charge in [0.2, 0.25) is 5.91 Å². The number of ether oxygens (including phenoxy) is 3. The molecule has 0 radical (unpaired) electrons. The minimum absolute atomic E-state index is 0.0687. The second-order valence-electron chi connectivity index (χ2n) is 7.13. The fourth-order valence-corrected chi connectivity index (χ4v) is 3.48. The normalized spacial score (nSPS) is 18.5. The quantitative estimate of drug-likeness (QED) is 0.707. The number of imidazole rings is 1. The van der Waals surface area contributed by atoms with Crippen molar-refractivity contribution in [3.63, 3.8) is 0 Å². The van der Waals surface area contributed by atoms with Gasteiger partial charge in [0.05, 0.1) is 24.9 Å². The van der Waals surface area contributed by atoms with Crippen molar-refractivity contribution in [2.24, 2.45) is 5.73 Å². The van der Waals surface area contributed by atoms with E-state index < -0.39 is 37.1 Å². The van der Waals surface area contributed by atoms with Crippen molar-refractivity contribution in [1.29, 1.82) is 0 Å². The molecule has 10 nitrogen and oxygen atoms in total. The zero-order valence-electron chi connectivity index (χ0n) is 16.8. The average molecular weight is 437 g/mol. The van der Waals surface area contributed by atoms with Gasteiger partial charge in [-0.2, -0.15) is 0 Å². The molecule has 0 aliphatic carbocycles. The lowest BCUT2D eigenvalue weighted by molar-refractivity contribution is -0.118. The molecule has 12 heteroatoms. The second-order valence-corrected chi connectivity index (χ2v) is 7.13. The molecule has 1 aromatic carbocycles. The van der Waals surface area contributed by atoms with E-state index in [1.807, 2.05) is 0 Å². The highest BCUT2D eigenvalue weighted by atomic mass is 19.3. The summed E-state index contributed by atoms with van der Waals surface area (Å²) < 4.78 is 44.5. The highest BCUT2D eigenvalue weighted by Gasteiger charge is 2.42. The Hall–Kier alpha value is -3.57. The first-order valence-corrected chi connectivity index (χ1v) is 9.52. The third-order valence-corrected chi connectivity index (χ3v) is 5.14. The number of anilines is 2. The number of rotatable bonds is 6. The Morgan fingerprint density at radius 1 is 1.39 bits per heavy atom. The summed E-state index contributed by atoms with van der Waals surface area (Å²) >= 11 is 0. The number of alkyl halides is 2. The van der Waals surface area contributed by atoms with Crippen molar-refractivity contribution >= 4 is 23.5 Å². The molecule has 1 aromatic heterocycles. The number of carbonyl (C=O) groups excluding carboxylic acids is 2. The summed E-state index contributed by atoms with van der Waals surface area (Å²) in [7, 11) is 1.46. The predicted molar refractivity (Wildman–Crippen MR) is 106 cm³/mol. The van der Waals surface area contributed by atoms with E-state index in [1.54, 1.807) is 23.6 Å². The van der Waals surface area contributed by atoms with E-state index in [0.717, 1.165) is 4.90 Å². The van der Waals surface area contributed by atoms with E-state index in [2.05, 4.69) is 10.3 Å². The van der Waals surface area contributed by atoms with E-state index in [0.29, 0.717) is 35.1 Å². The molecule has 2 atom stereocenters. The van der Waals surface area contributed by atoms with Crippen LogP contribution in [0.25, 0.3) is 11.4 Å². The molecule has 0 bridgehead atoms. The van der Waals surface area contributed by atoms with Crippen LogP contribution < -0.4 is 25.4 Å². The summed E-state index contributed by atoms with van der Waals surface area (Å²) in [4.78, 5) is 28.8. The van der Waals surface area contributed by atoms with E-state index in [4.69, 9.17) is 19.9 Å². The van der Waals surface area contributed by atoms with Crippen molar-refractivity contribution < 1.29 is 32.6 Å². The fraction of sp³-hybridized carbons (Fsp3) is 0.421. The number of amides is 2. The first kappa shape index (κ1) is 20.7. The SMILES string of the molecule is COc1cc2c(cc1NC(C)C(N)=O)OCCn1cc(N3C(=O)OC[C@H]3C(F)F)nc1-2. The minimum atomic E-state index is -2.77. The van der Waals surface area contributed by atoms with Crippen LogP contribution in [0.5, 0.6) is 11.5 Å². The monoisotopic (exact) mass is 437 g/mol. The molecule has 1 fully saturated rings. The van der Waals surface area contributed by atoms with Crippen LogP contribution in [-0.2, 0) is 16.1 Å². The maximum absolute atomic E-state index is 13.4. The number of cyclic esters (lactones) is 1. The predicted octanol–water partition coefficient (Wildman–Crippen LogP) is 1.83. The van der Waals surface area contributed by atoms with Gasteiger partial charge in [-0.05, 0) is 13.0 Å². The Labute approximate surface area is 175 Å². The van der Waals surface area contributed by atoms with Crippen LogP contribution in [0.1, 0.15) is 6.92 Å². The molecule has 2 amide bonds. The minimum Gasteiger partial charge on any atom is -0.495 e. The van der Waals surface area contributed by atoms with Gasteiger partial charge in [-0.1, -0.05) is 0 Å². The number of nitrogens with two attached hydrogens (primary N) is 1. The maximum Gasteiger partial charge on any atom is 0.416 e. The highest BCUT2D eigenvalue weighted by molar-refractivity contribution is 5.90. The average Bonchev–Trinajstić information content (AvgIpc) is 3.27. The van der Waals surface area contributed by atoms with Crippen molar-refractivity contribution in [2.45, 2.75) is 32.0 Å². The van der Waals surface area contributed by atoms with Gasteiger partial charge in [0.25, 0.3) is 6.43 Å². The molecular formula is C19H21F2N5O5. The van der Waals surface area contributed by atoms with Gasteiger partial charge in [-0.15, -0.1) is 0 Å². The number of halogens is 2. The van der Waals surface area contributed by atoms with Crippen molar-refractivity contribution in [1.82, 2.24) is 9.55 Å². The molecule has 3 N–H and O–H groups in total. The Bertz CT molecular complexity index is 1030. The molecule has 0 saturated carbocycles. The topological polar surface area (TPSA) is 121 Å². The van der Waals surface area contributed by atoms with Crippen LogP contribution in [-0.4, -0.2) is 60.4 Å². The van der Waals surface area contributed by atoms with Gasteiger partial charge in [-0.3, -0.25) is 4.79 Å². The fourth-order valence-electron chi connectivity index (χ4n) is 3.48. The lowest BCUT2D eigenvalue weighted by atomic mass is 10.1. The van der Waals surface area contributed by atoms with Crippen LogP contribution in [0.2, 0.25) is 0 Å². The molecule has 0 spiro atoms. The number of carbonyl (C=O) groups is 2. The summed E-state index contributed by atoms with van der Waals surface area (Å²) in [6.45, 7) is 1.86. The molecule has 2 aliphatic heterocycles. The summed E-state index contributed by atoms with van der Waals surface area (Å²) in [5.74, 6) is 0.802. The van der Waals surface area contributed by atoms with Gasteiger partial charge >= 0.3 is 6.09 Å². The van der Waals surface area contributed by atoms with Crippen LogP contribution in [0.3, 0.4) is 0 Å². The van der Waals surface area contributed by atoms with E-state index in [1.165, 1.54) is 13.3 Å². The van der Waals surface area contributed by atoms with E-state index in [9.17, 15) is 18.4 Å². The zero-order chi connectivity index (χ0) is 22.3. The highest BCUT2D eigenvalue weighted by Crippen LogP contribution is 2.41. The number of nitrogens with zero attached hydrogens (tertiary/aromatic N) is 3. The molecule has 3 heterocycles. The molecule has 1 unspecified atom stereocenters. The standard InChI is InChI=1S/C19H21F2N5O5/c1-9(17(22)27)23-11-6-13-10(5-14(11)29-2)18-24-15(7-25(18)3-4-30-13)26-12(16(20)21)8-31-19(26)28/h5-7,9,12,16,23H,3-4,8H2,1-2H3,(H2,22,27)/t9?,12-/m0/s1. The number of aromatic nitrogens is 2. The first-order chi connectivity index (χ1) is 14.8. The van der Waals surface area contributed by atoms with Gasteiger partial charge in [0, 0.05) is 12.3 Å². The van der Waals surface area contributed by atoms with Crippen molar-refractivity contribution in [2.75, 3.05) is 30.5 Å². The van der Waals surface area contributed by atoms with Gasteiger partial charge in [-0.25, -0.2) is 23.5 Å². The van der Waals surface area contributed by atoms with Gasteiger partial charge in [0.1, 0.15) is 42.6 Å². The van der Waals surface area contributed by atoms with Crippen molar-refractivity contribution in [3.8, 4) is 22.9 Å². The lowest BCUT2D eigenvalue weighted by Gasteiger charge is -2.18. The molecule has 31 heavy (non-hydrogen) atoms. The Morgan fingerprint density at radius 3 is 2.84 bits per heavy atom. The number of primary amides is 1. The summed E-state index contributed by atoms with van der Waals surface area (Å²) in [6, 6.07) is 1.26. The van der Waals surface area contributed by atoms with Gasteiger partial charge < -0.3 is 29.8 Å². The molecule has 166 valence electrons. The first-order valence-electron chi connectivity index (χ1n) is 9.52. The van der Waals surface area contributed by atoms with Crippen LogP contribution in [0.4, 0.5) is 25.1 Å². The molecule has 1 saturated heterocycles. The third kappa shape index (κ3) is 3.68. The van der Waals surface area contributed by atoms with E-state index >= 15 is 0 Å². The number of hydrogen-bond donors (Lipinski definition) is 2. The van der Waals surface area contributed by atoms with Crippen LogP contribution in [0.15, 0.2) is 18.3 Å². The number of hydrogen-bond acceptors (Lipinski definition) is 7. The summed E-state index contributed by atoms with van der Waals surface area (Å²) in [5.41, 5.74) is 6.36. The number of fused-ring (bicyclic) bond motifs is 3. The molecule has 2 aliphatic rings. The Balaban J connectivity index is 1.76. The van der Waals surface area contributed by atoms with Gasteiger partial charge in [0.15, 0.2) is 5.82 Å². The Morgan fingerprint density at radius 2 is 2.16 bits per heavy atom. The van der Waals surface area contributed by atoms with Crippen molar-refractivity contribution in [3.05, 3.63) is 18.3 Å². The van der Waals surface area contributed by atoms with Crippen LogP contribution >= 0.6 is 0 Å². The summed E-state index contributed by atoms with van der Waals surface area (Å²) in [5, 5.41) is 2.97. The number of nitrogens with one attached hydrogen (secondary N) is 1. The number of benzene rings is 1. The second kappa shape index (κ2) is 7.93. The Kier molecular flexibility index (Phi) is 5.29. The molecule has 2 aromatic rings.